The number of aryl methyl sites for hydroxylation is 1. The number of halogens is 3. The third-order valence-corrected chi connectivity index (χ3v) is 7.08. The zero-order valence-electron chi connectivity index (χ0n) is 23.7. The Kier molecular flexibility index (Phi) is 12.4. The van der Waals surface area contributed by atoms with Gasteiger partial charge in [0.25, 0.3) is 11.8 Å². The zero-order valence-corrected chi connectivity index (χ0v) is 25.3. The van der Waals surface area contributed by atoms with Crippen molar-refractivity contribution in [2.45, 2.75) is 58.7 Å². The highest BCUT2D eigenvalue weighted by molar-refractivity contribution is 9.10. The monoisotopic (exact) mass is 629 g/mol. The van der Waals surface area contributed by atoms with Crippen LogP contribution >= 0.6 is 15.9 Å². The van der Waals surface area contributed by atoms with Gasteiger partial charge in [-0.05, 0) is 85.3 Å². The number of hydrogen-bond acceptors (Lipinski definition) is 4. The first kappa shape index (κ1) is 32.4. The van der Waals surface area contributed by atoms with E-state index in [1.807, 2.05) is 45.0 Å². The molecule has 41 heavy (non-hydrogen) atoms. The Morgan fingerprint density at radius 2 is 1.59 bits per heavy atom. The number of carbonyl (C=O) groups excluding carboxylic acids is 2. The molecule has 2 amide bonds. The standard InChI is InChI=1S/C32H38BrF2N3O3/c1-4-9-38(10-5-2)32(41)25-12-21(3)11-24(17-25)31(40)37-29(16-23-14-27(34)18-28(35)15-23)30(39)20-36-19-22-7-6-8-26(33)13-22/h6-8,11-15,17-18,29-30,36,39H,4-5,9-10,16,19-20H2,1-3H3,(H,37,40)/t29-,30+/m0/s1. The number of carbonyl (C=O) groups is 2. The molecule has 0 bridgehead atoms. The summed E-state index contributed by atoms with van der Waals surface area (Å²) < 4.78 is 28.8. The number of hydrogen-bond donors (Lipinski definition) is 3. The van der Waals surface area contributed by atoms with Gasteiger partial charge in [0.1, 0.15) is 11.6 Å². The van der Waals surface area contributed by atoms with Crippen molar-refractivity contribution in [1.29, 1.82) is 0 Å². The van der Waals surface area contributed by atoms with Crippen molar-refractivity contribution in [3.63, 3.8) is 0 Å². The van der Waals surface area contributed by atoms with E-state index in [9.17, 15) is 23.5 Å². The molecule has 3 N–H and O–H groups in total. The van der Waals surface area contributed by atoms with Crippen LogP contribution in [0, 0.1) is 18.6 Å². The van der Waals surface area contributed by atoms with Crippen LogP contribution in [0.25, 0.3) is 0 Å². The molecule has 0 unspecified atom stereocenters. The summed E-state index contributed by atoms with van der Waals surface area (Å²) in [4.78, 5) is 28.4. The van der Waals surface area contributed by atoms with E-state index in [0.29, 0.717) is 30.8 Å². The zero-order chi connectivity index (χ0) is 29.9. The maximum Gasteiger partial charge on any atom is 0.253 e. The molecule has 3 aromatic rings. The molecule has 0 aromatic heterocycles. The highest BCUT2D eigenvalue weighted by Crippen LogP contribution is 2.16. The van der Waals surface area contributed by atoms with E-state index < -0.39 is 29.7 Å². The Hall–Kier alpha value is -3.14. The summed E-state index contributed by atoms with van der Waals surface area (Å²) in [5.41, 5.74) is 2.72. The summed E-state index contributed by atoms with van der Waals surface area (Å²) in [6.45, 7) is 7.66. The van der Waals surface area contributed by atoms with Crippen LogP contribution < -0.4 is 10.6 Å². The topological polar surface area (TPSA) is 81.7 Å². The van der Waals surface area contributed by atoms with Crippen molar-refractivity contribution < 1.29 is 23.5 Å². The van der Waals surface area contributed by atoms with Gasteiger partial charge in [-0.25, -0.2) is 8.78 Å². The quantitative estimate of drug-likeness (QED) is 0.211. The predicted molar refractivity (Wildman–Crippen MR) is 161 cm³/mol. The van der Waals surface area contributed by atoms with Gasteiger partial charge in [-0.3, -0.25) is 9.59 Å². The minimum absolute atomic E-state index is 0.00146. The van der Waals surface area contributed by atoms with Crippen LogP contribution in [0.2, 0.25) is 0 Å². The second kappa shape index (κ2) is 15.7. The molecule has 2 atom stereocenters. The largest absolute Gasteiger partial charge is 0.390 e. The van der Waals surface area contributed by atoms with Gasteiger partial charge in [-0.2, -0.15) is 0 Å². The Bertz CT molecular complexity index is 1310. The maximum atomic E-state index is 13.9. The summed E-state index contributed by atoms with van der Waals surface area (Å²) >= 11 is 3.44. The molecule has 0 fully saturated rings. The lowest BCUT2D eigenvalue weighted by Gasteiger charge is -2.25. The number of amides is 2. The molecule has 0 aliphatic rings. The highest BCUT2D eigenvalue weighted by atomic mass is 79.9. The van der Waals surface area contributed by atoms with Gasteiger partial charge in [-0.15, -0.1) is 0 Å². The van der Waals surface area contributed by atoms with E-state index in [1.165, 1.54) is 12.1 Å². The van der Waals surface area contributed by atoms with Gasteiger partial charge >= 0.3 is 0 Å². The lowest BCUT2D eigenvalue weighted by molar-refractivity contribution is 0.0755. The molecule has 0 radical (unpaired) electrons. The van der Waals surface area contributed by atoms with Gasteiger partial charge in [0.05, 0.1) is 12.1 Å². The third kappa shape index (κ3) is 10.0. The van der Waals surface area contributed by atoms with Gasteiger partial charge < -0.3 is 20.6 Å². The molecule has 0 aliphatic carbocycles. The highest BCUT2D eigenvalue weighted by Gasteiger charge is 2.24. The van der Waals surface area contributed by atoms with E-state index in [2.05, 4.69) is 26.6 Å². The molecule has 220 valence electrons. The molecule has 0 saturated carbocycles. The first-order valence-corrected chi connectivity index (χ1v) is 14.7. The minimum atomic E-state index is -1.08. The van der Waals surface area contributed by atoms with Crippen LogP contribution in [0.5, 0.6) is 0 Å². The molecule has 3 rings (SSSR count). The lowest BCUT2D eigenvalue weighted by atomic mass is 9.99. The van der Waals surface area contributed by atoms with Crippen molar-refractivity contribution in [2.24, 2.45) is 0 Å². The number of benzene rings is 3. The van der Waals surface area contributed by atoms with Gasteiger partial charge in [0.15, 0.2) is 0 Å². The Morgan fingerprint density at radius 1 is 0.927 bits per heavy atom. The van der Waals surface area contributed by atoms with Crippen LogP contribution in [-0.2, 0) is 13.0 Å². The molecular weight excluding hydrogens is 592 g/mol. The molecule has 0 heterocycles. The van der Waals surface area contributed by atoms with Gasteiger partial charge in [0.2, 0.25) is 0 Å². The van der Waals surface area contributed by atoms with Crippen molar-refractivity contribution >= 4 is 27.7 Å². The summed E-state index contributed by atoms with van der Waals surface area (Å²) in [5, 5.41) is 17.1. The average molecular weight is 631 g/mol. The number of aliphatic hydroxyl groups excluding tert-OH is 1. The SMILES string of the molecule is CCCN(CCC)C(=O)c1cc(C)cc(C(=O)N[C@@H](Cc2cc(F)cc(F)c2)[C@H](O)CNCc2cccc(Br)c2)c1. The first-order valence-electron chi connectivity index (χ1n) is 13.9. The van der Waals surface area contributed by atoms with Gasteiger partial charge in [-0.1, -0.05) is 41.9 Å². The van der Waals surface area contributed by atoms with Crippen LogP contribution in [0.1, 0.15) is 64.1 Å². The maximum absolute atomic E-state index is 13.9. The fraction of sp³-hybridized carbons (Fsp3) is 0.375. The second-order valence-corrected chi connectivity index (χ2v) is 11.2. The number of nitrogens with zero attached hydrogens (tertiary/aromatic N) is 1. The van der Waals surface area contributed by atoms with E-state index >= 15 is 0 Å². The summed E-state index contributed by atoms with van der Waals surface area (Å²) in [6.07, 6.45) is 0.563. The molecule has 6 nitrogen and oxygen atoms in total. The molecular formula is C32H38BrF2N3O3. The second-order valence-electron chi connectivity index (χ2n) is 10.3. The Labute approximate surface area is 249 Å². The van der Waals surface area contributed by atoms with Crippen LogP contribution in [-0.4, -0.2) is 53.6 Å². The Morgan fingerprint density at radius 3 is 2.22 bits per heavy atom. The summed E-state index contributed by atoms with van der Waals surface area (Å²) in [6, 6.07) is 15.0. The molecule has 3 aromatic carbocycles. The average Bonchev–Trinajstić information content (AvgIpc) is 2.91. The number of rotatable bonds is 14. The molecule has 0 spiro atoms. The number of aliphatic hydroxyl groups is 1. The van der Waals surface area contributed by atoms with Crippen molar-refractivity contribution in [3.8, 4) is 0 Å². The molecule has 0 aliphatic heterocycles. The lowest BCUT2D eigenvalue weighted by Crippen LogP contribution is -2.48. The Balaban J connectivity index is 1.81. The van der Waals surface area contributed by atoms with Crippen molar-refractivity contribution in [1.82, 2.24) is 15.5 Å². The van der Waals surface area contributed by atoms with Crippen LogP contribution in [0.4, 0.5) is 8.78 Å². The van der Waals surface area contributed by atoms with Gasteiger partial charge in [0, 0.05) is 47.8 Å². The smallest absolute Gasteiger partial charge is 0.253 e. The van der Waals surface area contributed by atoms with E-state index in [1.54, 1.807) is 23.1 Å². The minimum Gasteiger partial charge on any atom is -0.390 e. The van der Waals surface area contributed by atoms with Crippen molar-refractivity contribution in [2.75, 3.05) is 19.6 Å². The fourth-order valence-corrected chi connectivity index (χ4v) is 5.19. The van der Waals surface area contributed by atoms with E-state index in [-0.39, 0.29) is 24.4 Å². The van der Waals surface area contributed by atoms with Crippen LogP contribution in [0.15, 0.2) is 65.1 Å². The normalized spacial score (nSPS) is 12.6. The fourth-order valence-electron chi connectivity index (χ4n) is 4.75. The van der Waals surface area contributed by atoms with E-state index in [0.717, 1.165) is 34.5 Å². The molecule has 0 saturated heterocycles. The summed E-state index contributed by atoms with van der Waals surface area (Å²) in [7, 11) is 0. The predicted octanol–water partition coefficient (Wildman–Crippen LogP) is 5.79. The molecule has 9 heteroatoms. The summed E-state index contributed by atoms with van der Waals surface area (Å²) in [5.74, 6) is -2.11. The van der Waals surface area contributed by atoms with Crippen LogP contribution in [0.3, 0.4) is 0 Å². The first-order chi connectivity index (χ1) is 19.6. The number of nitrogens with one attached hydrogen (secondary N) is 2. The van der Waals surface area contributed by atoms with Crippen molar-refractivity contribution in [3.05, 3.63) is 105 Å². The third-order valence-electron chi connectivity index (χ3n) is 6.59. The van der Waals surface area contributed by atoms with E-state index in [4.69, 9.17) is 0 Å².